The van der Waals surface area contributed by atoms with E-state index in [1.54, 1.807) is 12.1 Å². The topological polar surface area (TPSA) is 86.3 Å². The Morgan fingerprint density at radius 2 is 1.96 bits per heavy atom. The van der Waals surface area contributed by atoms with E-state index in [1.807, 2.05) is 12.1 Å². The molecule has 2 heterocycles. The van der Waals surface area contributed by atoms with Crippen molar-refractivity contribution in [3.05, 3.63) is 62.8 Å². The third kappa shape index (κ3) is 2.96. The van der Waals surface area contributed by atoms with Gasteiger partial charge in [-0.25, -0.2) is 9.78 Å². The molecule has 1 spiro atoms. The molecule has 1 saturated carbocycles. The zero-order valence-corrected chi connectivity index (χ0v) is 15.9. The van der Waals surface area contributed by atoms with Crippen LogP contribution >= 0.6 is 0 Å². The molecule has 0 radical (unpaired) electrons. The maximum absolute atomic E-state index is 12.5. The smallest absolute Gasteiger partial charge is 0.336 e. The fourth-order valence-corrected chi connectivity index (χ4v) is 4.95. The first-order chi connectivity index (χ1) is 13.6. The molecule has 0 unspecified atom stereocenters. The fraction of sp³-hybridized carbons (Fsp3) is 0.500. The highest BCUT2D eigenvalue weighted by atomic mass is 16.4. The molecule has 28 heavy (non-hydrogen) atoms. The normalized spacial score (nSPS) is 21.0. The number of aromatic amines is 1. The molecular formula is C22H25N3O3. The van der Waals surface area contributed by atoms with Gasteiger partial charge in [-0.2, -0.15) is 0 Å². The highest BCUT2D eigenvalue weighted by Gasteiger charge is 2.44. The van der Waals surface area contributed by atoms with Crippen LogP contribution in [0.5, 0.6) is 0 Å². The number of nitrogens with zero attached hydrogens (tertiary/aromatic N) is 2. The van der Waals surface area contributed by atoms with Crippen LogP contribution in [0.4, 0.5) is 0 Å². The van der Waals surface area contributed by atoms with Crippen LogP contribution in [0.2, 0.25) is 0 Å². The molecule has 2 fully saturated rings. The number of benzene rings is 1. The molecule has 1 saturated heterocycles. The lowest BCUT2D eigenvalue weighted by atomic mass is 9.76. The summed E-state index contributed by atoms with van der Waals surface area (Å²) < 4.78 is 0. The van der Waals surface area contributed by atoms with Gasteiger partial charge in [0, 0.05) is 23.4 Å². The first kappa shape index (κ1) is 17.6. The highest BCUT2D eigenvalue weighted by Crippen LogP contribution is 2.46. The monoisotopic (exact) mass is 379 g/mol. The second kappa shape index (κ2) is 6.55. The van der Waals surface area contributed by atoms with Crippen LogP contribution in [0, 0.1) is 0 Å². The molecule has 0 atom stereocenters. The number of aromatic carboxylic acids is 1. The Labute approximate surface area is 163 Å². The first-order valence-electron chi connectivity index (χ1n) is 10.2. The van der Waals surface area contributed by atoms with Crippen molar-refractivity contribution >= 4 is 5.97 Å². The van der Waals surface area contributed by atoms with E-state index < -0.39 is 5.97 Å². The van der Waals surface area contributed by atoms with Gasteiger partial charge in [0.2, 0.25) is 0 Å². The molecule has 1 aromatic carbocycles. The predicted octanol–water partition coefficient (Wildman–Crippen LogP) is 2.83. The van der Waals surface area contributed by atoms with E-state index in [-0.39, 0.29) is 11.0 Å². The van der Waals surface area contributed by atoms with Gasteiger partial charge in [0.05, 0.1) is 11.3 Å². The Hall–Kier alpha value is -2.47. The molecule has 1 aromatic heterocycles. The van der Waals surface area contributed by atoms with Crippen molar-refractivity contribution in [3.8, 4) is 0 Å². The predicted molar refractivity (Wildman–Crippen MR) is 105 cm³/mol. The number of fused-ring (bicyclic) bond motifs is 2. The molecule has 6 nitrogen and oxygen atoms in total. The van der Waals surface area contributed by atoms with Crippen molar-refractivity contribution in [1.29, 1.82) is 0 Å². The van der Waals surface area contributed by atoms with E-state index in [9.17, 15) is 14.7 Å². The van der Waals surface area contributed by atoms with Gasteiger partial charge in [0.15, 0.2) is 0 Å². The number of nitrogens with one attached hydrogen (secondary N) is 1. The molecule has 146 valence electrons. The molecule has 2 N–H and O–H groups in total. The Kier molecular flexibility index (Phi) is 4.12. The average Bonchev–Trinajstić information content (AvgIpc) is 3.48. The van der Waals surface area contributed by atoms with Gasteiger partial charge in [-0.05, 0) is 63.2 Å². The fourth-order valence-electron chi connectivity index (χ4n) is 4.95. The van der Waals surface area contributed by atoms with Gasteiger partial charge < -0.3 is 10.1 Å². The second-order valence-corrected chi connectivity index (χ2v) is 8.57. The second-order valence-electron chi connectivity index (χ2n) is 8.57. The zero-order valence-electron chi connectivity index (χ0n) is 15.9. The van der Waals surface area contributed by atoms with Crippen molar-refractivity contribution < 1.29 is 9.90 Å². The minimum absolute atomic E-state index is 0.0239. The van der Waals surface area contributed by atoms with Crippen LogP contribution in [0.3, 0.4) is 0 Å². The number of carboxylic acid groups (broad SMARTS) is 1. The van der Waals surface area contributed by atoms with Crippen LogP contribution < -0.4 is 5.56 Å². The molecule has 6 heteroatoms. The number of piperidine rings is 1. The van der Waals surface area contributed by atoms with Crippen molar-refractivity contribution in [2.45, 2.75) is 56.4 Å². The molecule has 5 rings (SSSR count). The molecular weight excluding hydrogens is 354 g/mol. The molecule has 3 aliphatic rings. The Morgan fingerprint density at radius 3 is 2.68 bits per heavy atom. The third-order valence-electron chi connectivity index (χ3n) is 6.81. The maximum Gasteiger partial charge on any atom is 0.336 e. The third-order valence-corrected chi connectivity index (χ3v) is 6.81. The highest BCUT2D eigenvalue weighted by molar-refractivity contribution is 5.89. The van der Waals surface area contributed by atoms with Crippen molar-refractivity contribution in [2.75, 3.05) is 13.1 Å². The van der Waals surface area contributed by atoms with Gasteiger partial charge in [-0.1, -0.05) is 18.2 Å². The zero-order chi connectivity index (χ0) is 19.3. The van der Waals surface area contributed by atoms with E-state index in [1.165, 1.54) is 0 Å². The SMILES string of the molecule is O=C(O)c1ccccc1CN1CCC2(CCc3c2nc(C2CC2)[nH]c3=O)CC1. The van der Waals surface area contributed by atoms with Gasteiger partial charge >= 0.3 is 5.97 Å². The Bertz CT molecular complexity index is 985. The largest absolute Gasteiger partial charge is 0.478 e. The number of carboxylic acids is 1. The average molecular weight is 379 g/mol. The number of likely N-dealkylation sites (tertiary alicyclic amines) is 1. The van der Waals surface area contributed by atoms with E-state index in [0.29, 0.717) is 18.0 Å². The number of hydrogen-bond acceptors (Lipinski definition) is 4. The lowest BCUT2D eigenvalue weighted by molar-refractivity contribution is 0.0693. The minimum atomic E-state index is -0.871. The van der Waals surface area contributed by atoms with Crippen LogP contribution in [0.15, 0.2) is 29.1 Å². The van der Waals surface area contributed by atoms with Crippen LogP contribution in [-0.2, 0) is 18.4 Å². The number of aromatic nitrogens is 2. The van der Waals surface area contributed by atoms with Crippen LogP contribution in [0.25, 0.3) is 0 Å². The molecule has 2 aromatic rings. The van der Waals surface area contributed by atoms with Gasteiger partial charge in [0.25, 0.3) is 5.56 Å². The van der Waals surface area contributed by atoms with Crippen molar-refractivity contribution in [2.24, 2.45) is 0 Å². The summed E-state index contributed by atoms with van der Waals surface area (Å²) in [6.45, 7) is 2.46. The van der Waals surface area contributed by atoms with E-state index in [0.717, 1.165) is 74.3 Å². The standard InChI is InChI=1S/C22H25N3O3/c26-20-17-7-8-22(18(17)23-19(24-20)14-5-6-14)9-11-25(12-10-22)13-15-3-1-2-4-16(15)21(27)28/h1-4,14H,5-13H2,(H,27,28)(H,23,24,26). The van der Waals surface area contributed by atoms with Crippen molar-refractivity contribution in [1.82, 2.24) is 14.9 Å². The van der Waals surface area contributed by atoms with E-state index in [2.05, 4.69) is 9.88 Å². The van der Waals surface area contributed by atoms with Crippen LogP contribution in [-0.4, -0.2) is 39.0 Å². The van der Waals surface area contributed by atoms with E-state index >= 15 is 0 Å². The summed E-state index contributed by atoms with van der Waals surface area (Å²) in [6.07, 6.45) is 6.05. The lowest BCUT2D eigenvalue weighted by Crippen LogP contribution is -2.42. The Morgan fingerprint density at radius 1 is 1.21 bits per heavy atom. The van der Waals surface area contributed by atoms with Gasteiger partial charge in [-0.15, -0.1) is 0 Å². The number of rotatable bonds is 4. The van der Waals surface area contributed by atoms with Gasteiger partial charge in [-0.3, -0.25) is 9.69 Å². The summed E-state index contributed by atoms with van der Waals surface area (Å²) in [5.74, 6) is 0.468. The number of H-pyrrole nitrogens is 1. The first-order valence-corrected chi connectivity index (χ1v) is 10.2. The van der Waals surface area contributed by atoms with Crippen LogP contribution in [0.1, 0.15) is 71.0 Å². The summed E-state index contributed by atoms with van der Waals surface area (Å²) in [5, 5.41) is 9.41. The summed E-state index contributed by atoms with van der Waals surface area (Å²) in [7, 11) is 0. The number of hydrogen-bond donors (Lipinski definition) is 2. The lowest BCUT2D eigenvalue weighted by Gasteiger charge is -2.39. The molecule has 0 amide bonds. The van der Waals surface area contributed by atoms with Crippen molar-refractivity contribution in [3.63, 3.8) is 0 Å². The molecule has 1 aliphatic heterocycles. The summed E-state index contributed by atoms with van der Waals surface area (Å²) in [4.78, 5) is 34.3. The van der Waals surface area contributed by atoms with Gasteiger partial charge in [0.1, 0.15) is 5.82 Å². The minimum Gasteiger partial charge on any atom is -0.478 e. The molecule has 2 aliphatic carbocycles. The molecule has 0 bridgehead atoms. The summed E-state index contributed by atoms with van der Waals surface area (Å²) >= 11 is 0. The Balaban J connectivity index is 1.35. The number of carbonyl (C=O) groups is 1. The summed E-state index contributed by atoms with van der Waals surface area (Å²) in [6, 6.07) is 7.25. The quantitative estimate of drug-likeness (QED) is 0.853. The van der Waals surface area contributed by atoms with E-state index in [4.69, 9.17) is 4.98 Å². The summed E-state index contributed by atoms with van der Waals surface area (Å²) in [5.41, 5.74) is 3.30. The maximum atomic E-state index is 12.5.